The maximum atomic E-state index is 12.1. The van der Waals surface area contributed by atoms with E-state index < -0.39 is 17.7 Å². The first-order valence-electron chi connectivity index (χ1n) is 6.47. The zero-order chi connectivity index (χ0) is 15.5. The van der Waals surface area contributed by atoms with Crippen LogP contribution < -0.4 is 5.43 Å². The van der Waals surface area contributed by atoms with Crippen LogP contribution in [0.4, 0.5) is 0 Å². The summed E-state index contributed by atoms with van der Waals surface area (Å²) < 4.78 is 0. The van der Waals surface area contributed by atoms with Gasteiger partial charge in [0, 0.05) is 4.88 Å². The first-order chi connectivity index (χ1) is 10.7. The second kappa shape index (κ2) is 5.90. The number of nitrogens with one attached hydrogen (secondary N) is 1. The van der Waals surface area contributed by atoms with Crippen LogP contribution in [0.2, 0.25) is 0 Å². The van der Waals surface area contributed by atoms with Crippen LogP contribution in [0.25, 0.3) is 0 Å². The molecule has 0 radical (unpaired) electrons. The van der Waals surface area contributed by atoms with Crippen molar-refractivity contribution in [3.63, 3.8) is 0 Å². The van der Waals surface area contributed by atoms with Crippen molar-refractivity contribution in [3.05, 3.63) is 57.8 Å². The molecule has 1 N–H and O–H groups in total. The Bertz CT molecular complexity index is 733. The minimum atomic E-state index is -0.526. The van der Waals surface area contributed by atoms with Gasteiger partial charge in [-0.15, -0.1) is 11.3 Å². The Balaban J connectivity index is 1.63. The standard InChI is InChI=1S/C15H11N3O3S/c19-13(17-16-8-10-4-3-7-22-10)9-18-14(20)11-5-1-2-6-12(11)15(18)21/h1-8H,9H2,(H,17,19)/b16-8+. The first-order valence-corrected chi connectivity index (χ1v) is 7.35. The molecule has 0 atom stereocenters. The summed E-state index contributed by atoms with van der Waals surface area (Å²) in [5.74, 6) is -1.45. The van der Waals surface area contributed by atoms with Crippen LogP contribution in [0.3, 0.4) is 0 Å². The van der Waals surface area contributed by atoms with E-state index in [-0.39, 0.29) is 6.54 Å². The maximum Gasteiger partial charge on any atom is 0.262 e. The number of benzene rings is 1. The minimum absolute atomic E-state index is 0.322. The number of thiophene rings is 1. The van der Waals surface area contributed by atoms with Gasteiger partial charge in [0.2, 0.25) is 0 Å². The van der Waals surface area contributed by atoms with Gasteiger partial charge in [0.15, 0.2) is 0 Å². The van der Waals surface area contributed by atoms with E-state index >= 15 is 0 Å². The number of carbonyl (C=O) groups is 3. The number of nitrogens with zero attached hydrogens (tertiary/aromatic N) is 2. The monoisotopic (exact) mass is 313 g/mol. The maximum absolute atomic E-state index is 12.1. The van der Waals surface area contributed by atoms with Gasteiger partial charge in [0.1, 0.15) is 6.54 Å². The number of fused-ring (bicyclic) bond motifs is 1. The third-order valence-corrected chi connectivity index (χ3v) is 3.91. The Kier molecular flexibility index (Phi) is 3.80. The van der Waals surface area contributed by atoms with Crippen LogP contribution in [-0.4, -0.2) is 35.4 Å². The molecule has 1 aromatic carbocycles. The first kappa shape index (κ1) is 14.2. The summed E-state index contributed by atoms with van der Waals surface area (Å²) >= 11 is 1.48. The lowest BCUT2D eigenvalue weighted by atomic mass is 10.1. The van der Waals surface area contributed by atoms with Gasteiger partial charge >= 0.3 is 0 Å². The van der Waals surface area contributed by atoms with E-state index in [0.717, 1.165) is 9.78 Å². The Hall–Kier alpha value is -2.80. The van der Waals surface area contributed by atoms with Gasteiger partial charge in [-0.25, -0.2) is 5.43 Å². The third-order valence-electron chi connectivity index (χ3n) is 3.10. The zero-order valence-corrected chi connectivity index (χ0v) is 12.2. The number of hydrazone groups is 1. The highest BCUT2D eigenvalue weighted by Crippen LogP contribution is 2.21. The minimum Gasteiger partial charge on any atom is -0.271 e. The Labute approximate surface area is 130 Å². The van der Waals surface area contributed by atoms with Gasteiger partial charge in [-0.05, 0) is 23.6 Å². The normalized spacial score (nSPS) is 13.7. The highest BCUT2D eigenvalue weighted by atomic mass is 32.1. The van der Waals surface area contributed by atoms with Crippen LogP contribution in [0.5, 0.6) is 0 Å². The zero-order valence-electron chi connectivity index (χ0n) is 11.4. The van der Waals surface area contributed by atoms with E-state index in [1.165, 1.54) is 17.6 Å². The van der Waals surface area contributed by atoms with Gasteiger partial charge in [-0.3, -0.25) is 19.3 Å². The van der Waals surface area contributed by atoms with Crippen molar-refractivity contribution in [2.45, 2.75) is 0 Å². The molecule has 0 unspecified atom stereocenters. The van der Waals surface area contributed by atoms with Crippen molar-refractivity contribution < 1.29 is 14.4 Å². The van der Waals surface area contributed by atoms with Crippen LogP contribution in [-0.2, 0) is 4.79 Å². The fourth-order valence-corrected chi connectivity index (χ4v) is 2.68. The Morgan fingerprint density at radius 1 is 1.14 bits per heavy atom. The predicted octanol–water partition coefficient (Wildman–Crippen LogP) is 1.49. The summed E-state index contributed by atoms with van der Waals surface area (Å²) in [5.41, 5.74) is 2.95. The van der Waals surface area contributed by atoms with Gasteiger partial charge in [0.05, 0.1) is 17.3 Å². The number of imide groups is 1. The average Bonchev–Trinajstić information content (AvgIpc) is 3.11. The fourth-order valence-electron chi connectivity index (χ4n) is 2.09. The van der Waals surface area contributed by atoms with Crippen molar-refractivity contribution in [1.29, 1.82) is 0 Å². The van der Waals surface area contributed by atoms with Crippen molar-refractivity contribution in [2.24, 2.45) is 5.10 Å². The summed E-state index contributed by atoms with van der Waals surface area (Å²) in [6.07, 6.45) is 1.50. The predicted molar refractivity (Wildman–Crippen MR) is 81.9 cm³/mol. The van der Waals surface area contributed by atoms with E-state index in [1.807, 2.05) is 17.5 Å². The summed E-state index contributed by atoms with van der Waals surface area (Å²) in [7, 11) is 0. The molecule has 0 spiro atoms. The topological polar surface area (TPSA) is 78.8 Å². The quantitative estimate of drug-likeness (QED) is 0.528. The molecule has 3 amide bonds. The van der Waals surface area contributed by atoms with Crippen molar-refractivity contribution in [2.75, 3.05) is 6.54 Å². The van der Waals surface area contributed by atoms with Crippen LogP contribution in [0.1, 0.15) is 25.6 Å². The smallest absolute Gasteiger partial charge is 0.262 e. The Morgan fingerprint density at radius 2 is 1.82 bits per heavy atom. The van der Waals surface area contributed by atoms with E-state index in [4.69, 9.17) is 0 Å². The van der Waals surface area contributed by atoms with Crippen LogP contribution in [0.15, 0.2) is 46.9 Å². The van der Waals surface area contributed by atoms with Crippen LogP contribution in [0, 0.1) is 0 Å². The van der Waals surface area contributed by atoms with Gasteiger partial charge in [-0.1, -0.05) is 18.2 Å². The number of carbonyl (C=O) groups excluding carboxylic acids is 3. The van der Waals surface area contributed by atoms with E-state index in [0.29, 0.717) is 11.1 Å². The van der Waals surface area contributed by atoms with Gasteiger partial charge in [-0.2, -0.15) is 5.10 Å². The van der Waals surface area contributed by atoms with Crippen LogP contribution >= 0.6 is 11.3 Å². The molecule has 0 saturated heterocycles. The molecule has 1 aliphatic heterocycles. The largest absolute Gasteiger partial charge is 0.271 e. The SMILES string of the molecule is O=C(CN1C(=O)c2ccccc2C1=O)N/N=C/c1cccs1. The molecular formula is C15H11N3O3S. The summed E-state index contributed by atoms with van der Waals surface area (Å²) in [6.45, 7) is -0.353. The molecule has 0 saturated carbocycles. The van der Waals surface area contributed by atoms with E-state index in [1.54, 1.807) is 24.3 Å². The summed E-state index contributed by atoms with van der Waals surface area (Å²) in [6, 6.07) is 10.2. The molecule has 110 valence electrons. The van der Waals surface area contributed by atoms with E-state index in [9.17, 15) is 14.4 Å². The molecule has 0 fully saturated rings. The van der Waals surface area contributed by atoms with Gasteiger partial charge in [0.25, 0.3) is 17.7 Å². The lowest BCUT2D eigenvalue weighted by Gasteiger charge is -2.11. The molecule has 22 heavy (non-hydrogen) atoms. The molecule has 1 aromatic heterocycles. The molecule has 0 aliphatic carbocycles. The van der Waals surface area contributed by atoms with Gasteiger partial charge < -0.3 is 0 Å². The molecule has 2 heterocycles. The molecule has 2 aromatic rings. The lowest BCUT2D eigenvalue weighted by Crippen LogP contribution is -2.38. The number of hydrogen-bond donors (Lipinski definition) is 1. The molecule has 7 heteroatoms. The molecular weight excluding hydrogens is 302 g/mol. The molecule has 1 aliphatic rings. The van der Waals surface area contributed by atoms with Crippen molar-refractivity contribution in [1.82, 2.24) is 10.3 Å². The van der Waals surface area contributed by atoms with Crippen molar-refractivity contribution >= 4 is 35.3 Å². The average molecular weight is 313 g/mol. The van der Waals surface area contributed by atoms with Crippen molar-refractivity contribution in [3.8, 4) is 0 Å². The summed E-state index contributed by atoms with van der Waals surface area (Å²) in [5, 5.41) is 5.68. The fraction of sp³-hybridized carbons (Fsp3) is 0.0667. The second-order valence-corrected chi connectivity index (χ2v) is 5.53. The molecule has 3 rings (SSSR count). The molecule has 0 bridgehead atoms. The second-order valence-electron chi connectivity index (χ2n) is 4.55. The van der Waals surface area contributed by atoms with E-state index in [2.05, 4.69) is 10.5 Å². The third kappa shape index (κ3) is 2.66. The number of hydrogen-bond acceptors (Lipinski definition) is 5. The lowest BCUT2D eigenvalue weighted by molar-refractivity contribution is -0.121. The number of amides is 3. The highest BCUT2D eigenvalue weighted by molar-refractivity contribution is 7.11. The number of rotatable bonds is 4. The Morgan fingerprint density at radius 3 is 2.41 bits per heavy atom. The molecule has 6 nitrogen and oxygen atoms in total. The summed E-state index contributed by atoms with van der Waals surface area (Å²) in [4.78, 5) is 37.8. The highest BCUT2D eigenvalue weighted by Gasteiger charge is 2.36.